The standard InChI is InChI=1S/C13H19NO3/c1-13(2)7-6-9(17-13)8-16-11-5-3-4-10(15)12(11)14/h3-5,9,15H,6-8,14H2,1-2H3. The van der Waals surface area contributed by atoms with Crippen LogP contribution in [0.1, 0.15) is 26.7 Å². The van der Waals surface area contributed by atoms with E-state index >= 15 is 0 Å². The Bertz CT molecular complexity index is 404. The zero-order chi connectivity index (χ0) is 12.5. The number of aromatic hydroxyl groups is 1. The molecule has 0 spiro atoms. The van der Waals surface area contributed by atoms with Gasteiger partial charge in [0.15, 0.2) is 0 Å². The largest absolute Gasteiger partial charge is 0.506 e. The molecule has 1 atom stereocenters. The lowest BCUT2D eigenvalue weighted by atomic mass is 10.1. The first-order chi connectivity index (χ1) is 7.98. The number of phenolic OH excluding ortho intramolecular Hbond substituents is 1. The van der Waals surface area contributed by atoms with E-state index < -0.39 is 0 Å². The molecule has 0 aliphatic carbocycles. The van der Waals surface area contributed by atoms with Gasteiger partial charge in [-0.05, 0) is 38.8 Å². The van der Waals surface area contributed by atoms with Gasteiger partial charge in [-0.15, -0.1) is 0 Å². The molecule has 3 N–H and O–H groups in total. The lowest BCUT2D eigenvalue weighted by Crippen LogP contribution is -2.24. The summed E-state index contributed by atoms with van der Waals surface area (Å²) in [6.45, 7) is 4.63. The molecule has 1 saturated heterocycles. The molecule has 1 fully saturated rings. The fourth-order valence-electron chi connectivity index (χ4n) is 2.04. The quantitative estimate of drug-likeness (QED) is 0.625. The van der Waals surface area contributed by atoms with Gasteiger partial charge in [-0.25, -0.2) is 0 Å². The molecule has 2 rings (SSSR count). The van der Waals surface area contributed by atoms with Crippen LogP contribution in [0.25, 0.3) is 0 Å². The lowest BCUT2D eigenvalue weighted by molar-refractivity contribution is -0.0325. The molecule has 1 heterocycles. The van der Waals surface area contributed by atoms with Gasteiger partial charge >= 0.3 is 0 Å². The van der Waals surface area contributed by atoms with Crippen LogP contribution in [0.5, 0.6) is 11.5 Å². The molecule has 4 nitrogen and oxygen atoms in total. The van der Waals surface area contributed by atoms with Crippen molar-refractivity contribution in [2.45, 2.75) is 38.4 Å². The molecule has 1 unspecified atom stereocenters. The second-order valence-corrected chi connectivity index (χ2v) is 5.04. The minimum Gasteiger partial charge on any atom is -0.506 e. The molecule has 0 radical (unpaired) electrons. The number of nitrogen functional groups attached to an aromatic ring is 1. The molecular formula is C13H19NO3. The average molecular weight is 237 g/mol. The second-order valence-electron chi connectivity index (χ2n) is 5.04. The minimum atomic E-state index is -0.0571. The molecule has 1 aliphatic heterocycles. The number of benzene rings is 1. The number of rotatable bonds is 3. The van der Waals surface area contributed by atoms with E-state index in [4.69, 9.17) is 15.2 Å². The van der Waals surface area contributed by atoms with E-state index in [0.717, 1.165) is 12.8 Å². The van der Waals surface area contributed by atoms with Gasteiger partial charge < -0.3 is 20.3 Å². The van der Waals surface area contributed by atoms with Crippen LogP contribution in [0.3, 0.4) is 0 Å². The number of anilines is 1. The summed E-state index contributed by atoms with van der Waals surface area (Å²) in [6.07, 6.45) is 2.13. The predicted molar refractivity (Wildman–Crippen MR) is 66.2 cm³/mol. The molecule has 0 aromatic heterocycles. The van der Waals surface area contributed by atoms with Crippen molar-refractivity contribution in [1.82, 2.24) is 0 Å². The predicted octanol–water partition coefficient (Wildman–Crippen LogP) is 2.31. The molecule has 94 valence electrons. The lowest BCUT2D eigenvalue weighted by Gasteiger charge is -2.19. The van der Waals surface area contributed by atoms with Crippen molar-refractivity contribution >= 4 is 5.69 Å². The molecule has 0 amide bonds. The number of hydrogen-bond acceptors (Lipinski definition) is 4. The summed E-state index contributed by atoms with van der Waals surface area (Å²) >= 11 is 0. The number of nitrogens with two attached hydrogens (primary N) is 1. The van der Waals surface area contributed by atoms with Crippen LogP contribution in [0, 0.1) is 0 Å². The summed E-state index contributed by atoms with van der Waals surface area (Å²) in [7, 11) is 0. The van der Waals surface area contributed by atoms with Crippen molar-refractivity contribution in [2.75, 3.05) is 12.3 Å². The van der Waals surface area contributed by atoms with Crippen LogP contribution >= 0.6 is 0 Å². The average Bonchev–Trinajstić information content (AvgIpc) is 2.61. The van der Waals surface area contributed by atoms with Crippen LogP contribution in [-0.4, -0.2) is 23.4 Å². The first-order valence-corrected chi connectivity index (χ1v) is 5.86. The molecular weight excluding hydrogens is 218 g/mol. The summed E-state index contributed by atoms with van der Waals surface area (Å²) in [5.74, 6) is 0.563. The number of para-hydroxylation sites is 1. The maximum atomic E-state index is 9.44. The van der Waals surface area contributed by atoms with Crippen molar-refractivity contribution in [3.05, 3.63) is 18.2 Å². The van der Waals surface area contributed by atoms with Crippen LogP contribution < -0.4 is 10.5 Å². The highest BCUT2D eigenvalue weighted by molar-refractivity contribution is 5.61. The highest BCUT2D eigenvalue weighted by atomic mass is 16.6. The number of ether oxygens (including phenoxy) is 2. The topological polar surface area (TPSA) is 64.7 Å². The summed E-state index contributed by atoms with van der Waals surface area (Å²) in [5.41, 5.74) is 5.93. The van der Waals surface area contributed by atoms with Gasteiger partial charge in [0.2, 0.25) is 0 Å². The smallest absolute Gasteiger partial charge is 0.146 e. The Balaban J connectivity index is 1.93. The first-order valence-electron chi connectivity index (χ1n) is 5.86. The Morgan fingerprint density at radius 2 is 2.29 bits per heavy atom. The fraction of sp³-hybridized carbons (Fsp3) is 0.538. The first kappa shape index (κ1) is 12.0. The van der Waals surface area contributed by atoms with Crippen LogP contribution in [-0.2, 0) is 4.74 Å². The third-order valence-electron chi connectivity index (χ3n) is 3.02. The van der Waals surface area contributed by atoms with E-state index in [-0.39, 0.29) is 23.1 Å². The van der Waals surface area contributed by atoms with Gasteiger partial charge in [0, 0.05) is 0 Å². The van der Waals surface area contributed by atoms with E-state index in [1.54, 1.807) is 12.1 Å². The third kappa shape index (κ3) is 2.82. The highest BCUT2D eigenvalue weighted by Crippen LogP contribution is 2.32. The molecule has 0 saturated carbocycles. The van der Waals surface area contributed by atoms with Gasteiger partial charge in [0.25, 0.3) is 0 Å². The molecule has 4 heteroatoms. The Hall–Kier alpha value is -1.42. The molecule has 17 heavy (non-hydrogen) atoms. The zero-order valence-corrected chi connectivity index (χ0v) is 10.3. The minimum absolute atomic E-state index is 0.0511. The Kier molecular flexibility index (Phi) is 3.15. The maximum Gasteiger partial charge on any atom is 0.146 e. The number of phenols is 1. The third-order valence-corrected chi connectivity index (χ3v) is 3.02. The SMILES string of the molecule is CC1(C)CCC(COc2cccc(O)c2N)O1. The van der Waals surface area contributed by atoms with Crippen molar-refractivity contribution in [1.29, 1.82) is 0 Å². The second kappa shape index (κ2) is 4.45. The summed E-state index contributed by atoms with van der Waals surface area (Å²) in [5, 5.41) is 9.44. The highest BCUT2D eigenvalue weighted by Gasteiger charge is 2.31. The molecule has 1 aromatic rings. The van der Waals surface area contributed by atoms with E-state index in [0.29, 0.717) is 12.4 Å². The van der Waals surface area contributed by atoms with Crippen molar-refractivity contribution in [3.63, 3.8) is 0 Å². The Morgan fingerprint density at radius 1 is 1.53 bits per heavy atom. The van der Waals surface area contributed by atoms with Gasteiger partial charge in [0.05, 0.1) is 11.7 Å². The van der Waals surface area contributed by atoms with Gasteiger partial charge in [0.1, 0.15) is 23.8 Å². The number of hydrogen-bond donors (Lipinski definition) is 2. The summed E-state index contributed by atoms with van der Waals surface area (Å²) < 4.78 is 11.4. The zero-order valence-electron chi connectivity index (χ0n) is 10.3. The van der Waals surface area contributed by atoms with Crippen molar-refractivity contribution in [3.8, 4) is 11.5 Å². The summed E-state index contributed by atoms with van der Waals surface area (Å²) in [4.78, 5) is 0. The molecule has 1 aliphatic rings. The Morgan fingerprint density at radius 3 is 2.94 bits per heavy atom. The van der Waals surface area contributed by atoms with E-state index in [1.165, 1.54) is 6.07 Å². The maximum absolute atomic E-state index is 9.44. The molecule has 1 aromatic carbocycles. The van der Waals surface area contributed by atoms with Crippen LogP contribution in [0.15, 0.2) is 18.2 Å². The van der Waals surface area contributed by atoms with Crippen molar-refractivity contribution < 1.29 is 14.6 Å². The molecule has 0 bridgehead atoms. The van der Waals surface area contributed by atoms with Gasteiger partial charge in [-0.3, -0.25) is 0 Å². The monoisotopic (exact) mass is 237 g/mol. The van der Waals surface area contributed by atoms with E-state index in [9.17, 15) is 5.11 Å². The van der Waals surface area contributed by atoms with Gasteiger partial charge in [-0.2, -0.15) is 0 Å². The summed E-state index contributed by atoms with van der Waals surface area (Å²) in [6, 6.07) is 4.99. The van der Waals surface area contributed by atoms with Crippen molar-refractivity contribution in [2.24, 2.45) is 0 Å². The Labute approximate surface area is 101 Å². The van der Waals surface area contributed by atoms with E-state index in [1.807, 2.05) is 0 Å². The van der Waals surface area contributed by atoms with Crippen LogP contribution in [0.4, 0.5) is 5.69 Å². The fourth-order valence-corrected chi connectivity index (χ4v) is 2.04. The van der Waals surface area contributed by atoms with E-state index in [2.05, 4.69) is 13.8 Å². The van der Waals surface area contributed by atoms with Crippen LogP contribution in [0.2, 0.25) is 0 Å². The normalized spacial score (nSPS) is 22.6. The van der Waals surface area contributed by atoms with Gasteiger partial charge in [-0.1, -0.05) is 6.07 Å².